The second-order valence-electron chi connectivity index (χ2n) is 4.89. The van der Waals surface area contributed by atoms with E-state index in [1.165, 1.54) is 0 Å². The molecule has 0 saturated carbocycles. The van der Waals surface area contributed by atoms with Crippen molar-refractivity contribution in [3.8, 4) is 0 Å². The summed E-state index contributed by atoms with van der Waals surface area (Å²) in [6, 6.07) is 16.2. The van der Waals surface area contributed by atoms with Crippen molar-refractivity contribution in [2.75, 3.05) is 0 Å². The van der Waals surface area contributed by atoms with E-state index in [9.17, 15) is 9.59 Å². The molecule has 0 N–H and O–H groups in total. The molecule has 3 nitrogen and oxygen atoms in total. The van der Waals surface area contributed by atoms with Gasteiger partial charge >= 0.3 is 0 Å². The third kappa shape index (κ3) is 2.92. The molecular formula is C18H14O3. The maximum Gasteiger partial charge on any atom is 0.163 e. The maximum atomic E-state index is 12.2. The van der Waals surface area contributed by atoms with Gasteiger partial charge in [0.15, 0.2) is 11.6 Å². The molecule has 21 heavy (non-hydrogen) atoms. The Morgan fingerprint density at radius 3 is 2.29 bits per heavy atom. The third-order valence-electron chi connectivity index (χ3n) is 3.45. The van der Waals surface area contributed by atoms with Crippen LogP contribution in [0.2, 0.25) is 0 Å². The molecule has 0 saturated heterocycles. The molecule has 0 bridgehead atoms. The van der Waals surface area contributed by atoms with Gasteiger partial charge in [0.25, 0.3) is 0 Å². The fourth-order valence-electron chi connectivity index (χ4n) is 2.28. The first-order valence-electron chi connectivity index (χ1n) is 6.83. The highest BCUT2D eigenvalue weighted by atomic mass is 16.3. The van der Waals surface area contributed by atoms with E-state index < -0.39 is 0 Å². The van der Waals surface area contributed by atoms with Crippen LogP contribution in [0.15, 0.2) is 65.3 Å². The zero-order valence-corrected chi connectivity index (χ0v) is 11.4. The van der Waals surface area contributed by atoms with Crippen LogP contribution in [0.3, 0.4) is 0 Å². The van der Waals surface area contributed by atoms with Crippen molar-refractivity contribution in [1.82, 2.24) is 0 Å². The molecule has 0 atom stereocenters. The van der Waals surface area contributed by atoms with Crippen molar-refractivity contribution in [2.24, 2.45) is 0 Å². The summed E-state index contributed by atoms with van der Waals surface area (Å²) in [5, 5.41) is 0.898. The highest BCUT2D eigenvalue weighted by Crippen LogP contribution is 2.18. The van der Waals surface area contributed by atoms with Gasteiger partial charge < -0.3 is 4.42 Å². The third-order valence-corrected chi connectivity index (χ3v) is 3.45. The van der Waals surface area contributed by atoms with Gasteiger partial charge in [0.05, 0.1) is 6.26 Å². The lowest BCUT2D eigenvalue weighted by atomic mass is 10.0. The minimum Gasteiger partial charge on any atom is -0.464 e. The Bertz CT molecular complexity index is 784. The highest BCUT2D eigenvalue weighted by Gasteiger charge is 2.11. The van der Waals surface area contributed by atoms with Crippen LogP contribution in [0.5, 0.6) is 0 Å². The molecule has 3 aromatic rings. The molecule has 0 aliphatic carbocycles. The van der Waals surface area contributed by atoms with Gasteiger partial charge in [-0.2, -0.15) is 0 Å². The van der Waals surface area contributed by atoms with Gasteiger partial charge in [0.2, 0.25) is 0 Å². The Morgan fingerprint density at radius 2 is 1.52 bits per heavy atom. The van der Waals surface area contributed by atoms with Crippen molar-refractivity contribution < 1.29 is 14.0 Å². The SMILES string of the molecule is O=C(CCC(=O)c1ccc2occc2c1)c1ccccc1. The second-order valence-corrected chi connectivity index (χ2v) is 4.89. The number of ketones is 2. The molecule has 0 spiro atoms. The van der Waals surface area contributed by atoms with Gasteiger partial charge in [-0.05, 0) is 24.3 Å². The predicted molar refractivity (Wildman–Crippen MR) is 80.6 cm³/mol. The molecule has 3 heteroatoms. The molecule has 0 radical (unpaired) electrons. The molecule has 0 aliphatic rings. The molecule has 1 heterocycles. The fraction of sp³-hybridized carbons (Fsp3) is 0.111. The van der Waals surface area contributed by atoms with Crippen molar-refractivity contribution in [2.45, 2.75) is 12.8 Å². The van der Waals surface area contributed by atoms with Crippen LogP contribution in [-0.2, 0) is 0 Å². The summed E-state index contributed by atoms with van der Waals surface area (Å²) in [5.41, 5.74) is 2.02. The Balaban J connectivity index is 1.67. The molecule has 0 aliphatic heterocycles. The van der Waals surface area contributed by atoms with E-state index in [2.05, 4.69) is 0 Å². The van der Waals surface area contributed by atoms with Gasteiger partial charge in [-0.3, -0.25) is 9.59 Å². The van der Waals surface area contributed by atoms with Gasteiger partial charge in [0.1, 0.15) is 5.58 Å². The summed E-state index contributed by atoms with van der Waals surface area (Å²) in [7, 11) is 0. The number of hydrogen-bond donors (Lipinski definition) is 0. The number of fused-ring (bicyclic) bond motifs is 1. The number of benzene rings is 2. The van der Waals surface area contributed by atoms with E-state index in [0.29, 0.717) is 11.1 Å². The summed E-state index contributed by atoms with van der Waals surface area (Å²) < 4.78 is 5.24. The number of Topliss-reactive ketones (excluding diaryl/α,β-unsaturated/α-hetero) is 2. The summed E-state index contributed by atoms with van der Waals surface area (Å²) in [6.45, 7) is 0. The van der Waals surface area contributed by atoms with Crippen molar-refractivity contribution in [1.29, 1.82) is 0 Å². The van der Waals surface area contributed by atoms with Crippen molar-refractivity contribution in [3.63, 3.8) is 0 Å². The van der Waals surface area contributed by atoms with Gasteiger partial charge in [-0.25, -0.2) is 0 Å². The summed E-state index contributed by atoms with van der Waals surface area (Å²) in [5.74, 6) is -0.0317. The predicted octanol–water partition coefficient (Wildman–Crippen LogP) is 4.28. The normalized spacial score (nSPS) is 10.7. The molecule has 104 valence electrons. The van der Waals surface area contributed by atoms with E-state index in [0.717, 1.165) is 11.0 Å². The topological polar surface area (TPSA) is 47.3 Å². The van der Waals surface area contributed by atoms with Crippen LogP contribution in [0.4, 0.5) is 0 Å². The van der Waals surface area contributed by atoms with Crippen LogP contribution in [0.1, 0.15) is 33.6 Å². The van der Waals surface area contributed by atoms with Crippen LogP contribution in [0.25, 0.3) is 11.0 Å². The van der Waals surface area contributed by atoms with Gasteiger partial charge in [-0.1, -0.05) is 30.3 Å². The highest BCUT2D eigenvalue weighted by molar-refractivity contribution is 6.03. The standard InChI is InChI=1S/C18H14O3/c19-16(13-4-2-1-3-5-13)7-8-17(20)14-6-9-18-15(12-14)10-11-21-18/h1-6,9-12H,7-8H2. The fourth-order valence-corrected chi connectivity index (χ4v) is 2.28. The second kappa shape index (κ2) is 5.75. The Morgan fingerprint density at radius 1 is 0.810 bits per heavy atom. The Hall–Kier alpha value is -2.68. The number of hydrogen-bond acceptors (Lipinski definition) is 3. The number of furan rings is 1. The van der Waals surface area contributed by atoms with Crippen LogP contribution in [-0.4, -0.2) is 11.6 Å². The Kier molecular flexibility index (Phi) is 3.65. The van der Waals surface area contributed by atoms with E-state index in [1.807, 2.05) is 24.3 Å². The summed E-state index contributed by atoms with van der Waals surface area (Å²) in [4.78, 5) is 24.1. The number of rotatable bonds is 5. The lowest BCUT2D eigenvalue weighted by Gasteiger charge is -2.02. The first-order chi connectivity index (χ1) is 10.2. The molecular weight excluding hydrogens is 264 g/mol. The molecule has 1 aromatic heterocycles. The summed E-state index contributed by atoms with van der Waals surface area (Å²) >= 11 is 0. The minimum atomic E-state index is -0.0256. The lowest BCUT2D eigenvalue weighted by molar-refractivity contribution is 0.0917. The first kappa shape index (κ1) is 13.3. The van der Waals surface area contributed by atoms with Gasteiger partial charge in [-0.15, -0.1) is 0 Å². The maximum absolute atomic E-state index is 12.2. The molecule has 2 aromatic carbocycles. The molecule has 0 fully saturated rings. The van der Waals surface area contributed by atoms with E-state index in [4.69, 9.17) is 4.42 Å². The average molecular weight is 278 g/mol. The average Bonchev–Trinajstić information content (AvgIpc) is 3.00. The quantitative estimate of drug-likeness (QED) is 0.654. The number of carbonyl (C=O) groups is 2. The van der Waals surface area contributed by atoms with Crippen molar-refractivity contribution >= 4 is 22.5 Å². The van der Waals surface area contributed by atoms with Crippen molar-refractivity contribution in [3.05, 3.63) is 72.0 Å². The van der Waals surface area contributed by atoms with Gasteiger partial charge in [0, 0.05) is 29.4 Å². The monoisotopic (exact) mass is 278 g/mol. The first-order valence-corrected chi connectivity index (χ1v) is 6.83. The zero-order valence-electron chi connectivity index (χ0n) is 11.4. The van der Waals surface area contributed by atoms with E-state index in [1.54, 1.807) is 36.6 Å². The van der Waals surface area contributed by atoms with Crippen LogP contribution >= 0.6 is 0 Å². The zero-order chi connectivity index (χ0) is 14.7. The number of carbonyl (C=O) groups excluding carboxylic acids is 2. The minimum absolute atomic E-state index is 0.00617. The summed E-state index contributed by atoms with van der Waals surface area (Å²) in [6.07, 6.45) is 2.04. The lowest BCUT2D eigenvalue weighted by Crippen LogP contribution is -2.05. The van der Waals surface area contributed by atoms with Crippen LogP contribution in [0, 0.1) is 0 Å². The molecule has 0 unspecified atom stereocenters. The smallest absolute Gasteiger partial charge is 0.163 e. The van der Waals surface area contributed by atoms with E-state index in [-0.39, 0.29) is 24.4 Å². The largest absolute Gasteiger partial charge is 0.464 e. The molecule has 3 rings (SSSR count). The van der Waals surface area contributed by atoms with Crippen LogP contribution < -0.4 is 0 Å². The van der Waals surface area contributed by atoms with E-state index >= 15 is 0 Å². The molecule has 0 amide bonds. The Labute approximate surface area is 122 Å².